The molecule has 5 heteroatoms. The van der Waals surface area contributed by atoms with Gasteiger partial charge in [-0.3, -0.25) is 4.79 Å². The van der Waals surface area contributed by atoms with Gasteiger partial charge in [0.15, 0.2) is 0 Å². The Morgan fingerprint density at radius 3 is 2.37 bits per heavy atom. The number of benzene rings is 3. The van der Waals surface area contributed by atoms with Gasteiger partial charge < -0.3 is 9.84 Å². The number of ketones is 1. The lowest BCUT2D eigenvalue weighted by Gasteiger charge is -2.07. The van der Waals surface area contributed by atoms with E-state index in [1.54, 1.807) is 12.1 Å². The van der Waals surface area contributed by atoms with Crippen molar-refractivity contribution in [3.05, 3.63) is 72.3 Å². The molecule has 4 nitrogen and oxygen atoms in total. The molecule has 0 saturated heterocycles. The molecule has 0 fully saturated rings. The molecule has 0 atom stereocenters. The van der Waals surface area contributed by atoms with Gasteiger partial charge in [-0.15, -0.1) is 11.8 Å². The first-order valence-corrected chi connectivity index (χ1v) is 9.74. The van der Waals surface area contributed by atoms with E-state index in [2.05, 4.69) is 36.4 Å². The highest BCUT2D eigenvalue weighted by atomic mass is 32.2. The number of carboxylic acids is 1. The molecule has 3 aromatic carbocycles. The fraction of sp³-hybridized carbons (Fsp3) is 0.182. The fourth-order valence-corrected chi connectivity index (χ4v) is 3.63. The summed E-state index contributed by atoms with van der Waals surface area (Å²) in [5, 5.41) is 11.2. The lowest BCUT2D eigenvalue weighted by molar-refractivity contribution is -0.131. The Hall–Kier alpha value is -2.79. The zero-order chi connectivity index (χ0) is 19.1. The van der Waals surface area contributed by atoms with Gasteiger partial charge in [0.2, 0.25) is 0 Å². The third kappa shape index (κ3) is 5.34. The minimum Gasteiger partial charge on any atom is -0.494 e. The number of fused-ring (bicyclic) bond motifs is 1. The number of carbonyl (C=O) groups is 2. The maximum atomic E-state index is 11.3. The van der Waals surface area contributed by atoms with Crippen LogP contribution in [0.1, 0.15) is 23.2 Å². The number of carbonyl (C=O) groups excluding carboxylic acids is 1. The maximum absolute atomic E-state index is 11.3. The standard InChI is InChI=1S/C22H20O4S/c23-21(22(24)25)17-7-10-19(11-8-17)26-13-3-4-14-27-20-12-9-16-5-1-2-6-18(16)15-20/h1-2,5-12,15H,3-4,13-14H2,(H,24,25). The highest BCUT2D eigenvalue weighted by Crippen LogP contribution is 2.24. The summed E-state index contributed by atoms with van der Waals surface area (Å²) in [6.07, 6.45) is 1.96. The van der Waals surface area contributed by atoms with Gasteiger partial charge >= 0.3 is 5.97 Å². The molecular formula is C22H20O4S. The molecule has 0 amide bonds. The quantitative estimate of drug-likeness (QED) is 0.243. The zero-order valence-corrected chi connectivity index (χ0v) is 15.6. The summed E-state index contributed by atoms with van der Waals surface area (Å²) in [6, 6.07) is 21.1. The van der Waals surface area contributed by atoms with Gasteiger partial charge in [-0.1, -0.05) is 30.3 Å². The largest absolute Gasteiger partial charge is 0.494 e. The van der Waals surface area contributed by atoms with Crippen molar-refractivity contribution >= 4 is 34.3 Å². The van der Waals surface area contributed by atoms with Crippen molar-refractivity contribution in [2.45, 2.75) is 17.7 Å². The van der Waals surface area contributed by atoms with Crippen LogP contribution in [0.5, 0.6) is 5.75 Å². The molecule has 0 saturated carbocycles. The van der Waals surface area contributed by atoms with Crippen LogP contribution in [0.3, 0.4) is 0 Å². The predicted octanol–water partition coefficient (Wildman–Crippen LogP) is 5.06. The van der Waals surface area contributed by atoms with Crippen LogP contribution in [-0.2, 0) is 4.79 Å². The van der Waals surface area contributed by atoms with E-state index in [-0.39, 0.29) is 5.56 Å². The van der Waals surface area contributed by atoms with E-state index in [0.29, 0.717) is 12.4 Å². The number of carboxylic acid groups (broad SMARTS) is 1. The maximum Gasteiger partial charge on any atom is 0.377 e. The summed E-state index contributed by atoms with van der Waals surface area (Å²) in [6.45, 7) is 0.588. The van der Waals surface area contributed by atoms with E-state index >= 15 is 0 Å². The Morgan fingerprint density at radius 1 is 0.889 bits per heavy atom. The number of hydrogen-bond donors (Lipinski definition) is 1. The molecule has 0 bridgehead atoms. The lowest BCUT2D eigenvalue weighted by atomic mass is 10.1. The van der Waals surface area contributed by atoms with Crippen LogP contribution in [-0.4, -0.2) is 29.2 Å². The molecule has 1 N–H and O–H groups in total. The zero-order valence-electron chi connectivity index (χ0n) is 14.8. The van der Waals surface area contributed by atoms with Crippen molar-refractivity contribution in [1.82, 2.24) is 0 Å². The molecule has 0 aliphatic heterocycles. The number of thioether (sulfide) groups is 1. The highest BCUT2D eigenvalue weighted by molar-refractivity contribution is 7.99. The number of hydrogen-bond acceptors (Lipinski definition) is 4. The Labute approximate surface area is 162 Å². The van der Waals surface area contributed by atoms with Crippen LogP contribution >= 0.6 is 11.8 Å². The average Bonchev–Trinajstić information content (AvgIpc) is 2.70. The highest BCUT2D eigenvalue weighted by Gasteiger charge is 2.13. The molecule has 27 heavy (non-hydrogen) atoms. The molecule has 0 radical (unpaired) electrons. The first-order chi connectivity index (χ1) is 13.1. The van der Waals surface area contributed by atoms with Crippen molar-refractivity contribution in [2.75, 3.05) is 12.4 Å². The van der Waals surface area contributed by atoms with Crippen molar-refractivity contribution in [3.63, 3.8) is 0 Å². The van der Waals surface area contributed by atoms with Crippen molar-refractivity contribution < 1.29 is 19.4 Å². The second-order valence-electron chi connectivity index (χ2n) is 6.07. The Kier molecular flexibility index (Phi) is 6.49. The summed E-state index contributed by atoms with van der Waals surface area (Å²) < 4.78 is 5.64. The van der Waals surface area contributed by atoms with Crippen LogP contribution in [0.15, 0.2) is 71.6 Å². The molecule has 0 heterocycles. The van der Waals surface area contributed by atoms with Gasteiger partial charge in [0.05, 0.1) is 6.61 Å². The van der Waals surface area contributed by atoms with Gasteiger partial charge in [-0.2, -0.15) is 0 Å². The molecule has 0 unspecified atom stereocenters. The van der Waals surface area contributed by atoms with E-state index in [4.69, 9.17) is 9.84 Å². The van der Waals surface area contributed by atoms with Crippen molar-refractivity contribution in [3.8, 4) is 5.75 Å². The van der Waals surface area contributed by atoms with E-state index in [1.807, 2.05) is 17.8 Å². The summed E-state index contributed by atoms with van der Waals surface area (Å²) in [5.74, 6) is -0.702. The van der Waals surface area contributed by atoms with Crippen LogP contribution < -0.4 is 4.74 Å². The summed E-state index contributed by atoms with van der Waals surface area (Å²) in [5.41, 5.74) is 0.154. The first kappa shape index (κ1) is 19.0. The average molecular weight is 380 g/mol. The van der Waals surface area contributed by atoms with Gasteiger partial charge in [-0.05, 0) is 65.8 Å². The van der Waals surface area contributed by atoms with Crippen molar-refractivity contribution in [2.24, 2.45) is 0 Å². The van der Waals surface area contributed by atoms with Gasteiger partial charge in [0, 0.05) is 10.5 Å². The Morgan fingerprint density at radius 2 is 1.63 bits per heavy atom. The number of Topliss-reactive ketones (excluding diaryl/α,β-unsaturated/α-hetero) is 1. The van der Waals surface area contributed by atoms with Crippen LogP contribution in [0.25, 0.3) is 10.8 Å². The van der Waals surface area contributed by atoms with E-state index in [1.165, 1.54) is 27.8 Å². The minimum atomic E-state index is -1.45. The molecule has 3 rings (SSSR count). The van der Waals surface area contributed by atoms with E-state index < -0.39 is 11.8 Å². The number of ether oxygens (including phenoxy) is 1. The number of aliphatic carboxylic acids is 1. The van der Waals surface area contributed by atoms with E-state index in [9.17, 15) is 9.59 Å². The molecule has 0 aliphatic carbocycles. The van der Waals surface area contributed by atoms with Gasteiger partial charge in [0.25, 0.3) is 5.78 Å². The van der Waals surface area contributed by atoms with Crippen molar-refractivity contribution in [1.29, 1.82) is 0 Å². The SMILES string of the molecule is O=C(O)C(=O)c1ccc(OCCCCSc2ccc3ccccc3c2)cc1. The van der Waals surface area contributed by atoms with Gasteiger partial charge in [0.1, 0.15) is 5.75 Å². The third-order valence-electron chi connectivity index (χ3n) is 4.11. The lowest BCUT2D eigenvalue weighted by Crippen LogP contribution is -2.12. The Bertz CT molecular complexity index is 934. The Balaban J connectivity index is 1.37. The molecule has 3 aromatic rings. The fourth-order valence-electron chi connectivity index (χ4n) is 2.67. The van der Waals surface area contributed by atoms with Crippen LogP contribution in [0.2, 0.25) is 0 Å². The normalized spacial score (nSPS) is 10.7. The molecule has 138 valence electrons. The summed E-state index contributed by atoms with van der Waals surface area (Å²) >= 11 is 1.84. The molecule has 0 aromatic heterocycles. The number of unbranched alkanes of at least 4 members (excludes halogenated alkanes) is 1. The first-order valence-electron chi connectivity index (χ1n) is 8.75. The van der Waals surface area contributed by atoms with E-state index in [0.717, 1.165) is 18.6 Å². The summed E-state index contributed by atoms with van der Waals surface area (Å²) in [4.78, 5) is 23.2. The molecule has 0 spiro atoms. The number of rotatable bonds is 9. The third-order valence-corrected chi connectivity index (χ3v) is 5.19. The topological polar surface area (TPSA) is 63.6 Å². The van der Waals surface area contributed by atoms with Gasteiger partial charge in [-0.25, -0.2) is 4.79 Å². The minimum absolute atomic E-state index is 0.154. The second kappa shape index (κ2) is 9.24. The smallest absolute Gasteiger partial charge is 0.377 e. The summed E-state index contributed by atoms with van der Waals surface area (Å²) in [7, 11) is 0. The van der Waals surface area contributed by atoms with Crippen LogP contribution in [0.4, 0.5) is 0 Å². The van der Waals surface area contributed by atoms with Crippen LogP contribution in [0, 0.1) is 0 Å². The monoisotopic (exact) mass is 380 g/mol. The predicted molar refractivity (Wildman–Crippen MR) is 108 cm³/mol. The molecule has 0 aliphatic rings. The second-order valence-corrected chi connectivity index (χ2v) is 7.24. The molecular weight excluding hydrogens is 360 g/mol.